The van der Waals surface area contributed by atoms with Crippen LogP contribution < -0.4 is 16.0 Å². The van der Waals surface area contributed by atoms with Crippen molar-refractivity contribution >= 4 is 11.9 Å². The molecule has 0 radical (unpaired) electrons. The highest BCUT2D eigenvalue weighted by Crippen LogP contribution is 2.08. The van der Waals surface area contributed by atoms with Crippen molar-refractivity contribution in [2.24, 2.45) is 4.99 Å². The molecule has 1 heterocycles. The molecule has 1 aromatic carbocycles. The molecule has 0 aliphatic carbocycles. The van der Waals surface area contributed by atoms with E-state index in [4.69, 9.17) is 9.47 Å². The van der Waals surface area contributed by atoms with Crippen LogP contribution in [0.25, 0.3) is 0 Å². The van der Waals surface area contributed by atoms with Crippen molar-refractivity contribution in [3.63, 3.8) is 0 Å². The third-order valence-corrected chi connectivity index (χ3v) is 3.90. The molecule has 1 fully saturated rings. The predicted molar refractivity (Wildman–Crippen MR) is 103 cm³/mol. The maximum atomic E-state index is 12.0. The molecule has 1 aliphatic heterocycles. The Balaban J connectivity index is 1.59. The molecule has 1 amide bonds. The number of benzene rings is 1. The van der Waals surface area contributed by atoms with Gasteiger partial charge >= 0.3 is 0 Å². The number of aliphatic imine (C=N–C) groups is 1. The summed E-state index contributed by atoms with van der Waals surface area (Å²) in [5.41, 5.74) is 0.667. The summed E-state index contributed by atoms with van der Waals surface area (Å²) in [7, 11) is 0. The molecule has 26 heavy (non-hydrogen) atoms. The van der Waals surface area contributed by atoms with Crippen LogP contribution in [0, 0.1) is 0 Å². The lowest BCUT2D eigenvalue weighted by Crippen LogP contribution is -2.41. The van der Waals surface area contributed by atoms with E-state index in [0.717, 1.165) is 32.0 Å². The summed E-state index contributed by atoms with van der Waals surface area (Å²) in [5, 5.41) is 9.31. The first kappa shape index (κ1) is 20.2. The van der Waals surface area contributed by atoms with Crippen molar-refractivity contribution in [3.8, 4) is 0 Å². The van der Waals surface area contributed by atoms with Crippen molar-refractivity contribution in [1.29, 1.82) is 0 Å². The Bertz CT molecular complexity index is 545. The van der Waals surface area contributed by atoms with Gasteiger partial charge in [0.2, 0.25) is 0 Å². The van der Waals surface area contributed by atoms with Gasteiger partial charge in [0.05, 0.1) is 12.7 Å². The van der Waals surface area contributed by atoms with E-state index < -0.39 is 0 Å². The van der Waals surface area contributed by atoms with Crippen LogP contribution in [0.1, 0.15) is 30.1 Å². The van der Waals surface area contributed by atoms with Crippen LogP contribution in [0.3, 0.4) is 0 Å². The van der Waals surface area contributed by atoms with E-state index >= 15 is 0 Å². The first-order valence-electron chi connectivity index (χ1n) is 9.34. The van der Waals surface area contributed by atoms with Crippen LogP contribution in [-0.2, 0) is 9.47 Å². The molecule has 1 atom stereocenters. The van der Waals surface area contributed by atoms with Gasteiger partial charge < -0.3 is 25.4 Å². The Morgan fingerprint density at radius 2 is 2.04 bits per heavy atom. The largest absolute Gasteiger partial charge is 0.379 e. The number of nitrogens with one attached hydrogen (secondary N) is 3. The molecule has 7 nitrogen and oxygen atoms in total. The van der Waals surface area contributed by atoms with Gasteiger partial charge in [0.15, 0.2) is 5.96 Å². The van der Waals surface area contributed by atoms with Crippen molar-refractivity contribution in [2.45, 2.75) is 25.9 Å². The predicted octanol–water partition coefficient (Wildman–Crippen LogP) is 1.17. The molecule has 0 spiro atoms. The Morgan fingerprint density at radius 3 is 2.77 bits per heavy atom. The van der Waals surface area contributed by atoms with E-state index in [1.165, 1.54) is 0 Å². The summed E-state index contributed by atoms with van der Waals surface area (Å²) < 4.78 is 11.0. The van der Waals surface area contributed by atoms with Gasteiger partial charge in [-0.15, -0.1) is 0 Å². The summed E-state index contributed by atoms with van der Waals surface area (Å²) in [4.78, 5) is 16.5. The van der Waals surface area contributed by atoms with Crippen molar-refractivity contribution in [3.05, 3.63) is 35.9 Å². The molecule has 144 valence electrons. The molecule has 3 N–H and O–H groups in total. The average molecular weight is 362 g/mol. The molecule has 0 bridgehead atoms. The smallest absolute Gasteiger partial charge is 0.251 e. The van der Waals surface area contributed by atoms with Crippen molar-refractivity contribution in [2.75, 3.05) is 46.0 Å². The average Bonchev–Trinajstić information content (AvgIpc) is 3.18. The quantitative estimate of drug-likeness (QED) is 0.331. The number of hydrogen-bond donors (Lipinski definition) is 3. The van der Waals surface area contributed by atoms with Gasteiger partial charge in [0.25, 0.3) is 5.91 Å². The minimum atomic E-state index is -0.0672. The first-order chi connectivity index (χ1) is 12.8. The Labute approximate surface area is 155 Å². The van der Waals surface area contributed by atoms with Gasteiger partial charge in [-0.25, -0.2) is 0 Å². The van der Waals surface area contributed by atoms with Gasteiger partial charge in [-0.3, -0.25) is 9.79 Å². The van der Waals surface area contributed by atoms with Gasteiger partial charge in [0.1, 0.15) is 0 Å². The number of nitrogens with zero attached hydrogens (tertiary/aromatic N) is 1. The second kappa shape index (κ2) is 12.3. The third kappa shape index (κ3) is 7.84. The lowest BCUT2D eigenvalue weighted by molar-refractivity contribution is 0.0424. The molecular weight excluding hydrogens is 332 g/mol. The van der Waals surface area contributed by atoms with E-state index in [-0.39, 0.29) is 12.0 Å². The van der Waals surface area contributed by atoms with E-state index in [9.17, 15) is 4.79 Å². The normalized spacial score (nSPS) is 17.1. The summed E-state index contributed by atoms with van der Waals surface area (Å²) in [5.74, 6) is 0.688. The molecule has 1 unspecified atom stereocenters. The number of carbonyl (C=O) groups is 1. The number of rotatable bonds is 10. The molecule has 1 saturated heterocycles. The standard InChI is InChI=1S/C19H30N4O3/c1-2-20-19(22-10-6-13-26-17-9-14-25-15-17)23-12-11-21-18(24)16-7-4-3-5-8-16/h3-5,7-8,17H,2,6,9-15H2,1H3,(H,21,24)(H2,20,22,23). The zero-order valence-corrected chi connectivity index (χ0v) is 15.5. The van der Waals surface area contributed by atoms with E-state index in [1.54, 1.807) is 12.1 Å². The zero-order valence-electron chi connectivity index (χ0n) is 15.5. The third-order valence-electron chi connectivity index (χ3n) is 3.90. The van der Waals surface area contributed by atoms with Crippen LogP contribution in [-0.4, -0.2) is 64.0 Å². The number of amides is 1. The lowest BCUT2D eigenvalue weighted by atomic mass is 10.2. The minimum Gasteiger partial charge on any atom is -0.379 e. The Morgan fingerprint density at radius 1 is 1.23 bits per heavy atom. The molecule has 1 aromatic rings. The second-order valence-corrected chi connectivity index (χ2v) is 6.02. The minimum absolute atomic E-state index is 0.0672. The van der Waals surface area contributed by atoms with E-state index in [2.05, 4.69) is 20.9 Å². The zero-order chi connectivity index (χ0) is 18.5. The summed E-state index contributed by atoms with van der Waals surface area (Å²) in [6.07, 6.45) is 2.11. The molecule has 7 heteroatoms. The van der Waals surface area contributed by atoms with Crippen LogP contribution in [0.4, 0.5) is 0 Å². The Kier molecular flexibility index (Phi) is 9.53. The topological polar surface area (TPSA) is 84.0 Å². The first-order valence-corrected chi connectivity index (χ1v) is 9.34. The molecule has 2 rings (SSSR count). The highest BCUT2D eigenvalue weighted by Gasteiger charge is 2.15. The van der Waals surface area contributed by atoms with Crippen LogP contribution >= 0.6 is 0 Å². The summed E-state index contributed by atoms with van der Waals surface area (Å²) >= 11 is 0. The van der Waals surface area contributed by atoms with E-state index in [0.29, 0.717) is 38.4 Å². The van der Waals surface area contributed by atoms with Gasteiger partial charge in [-0.1, -0.05) is 18.2 Å². The summed E-state index contributed by atoms with van der Waals surface area (Å²) in [6.45, 7) is 6.86. The van der Waals surface area contributed by atoms with Gasteiger partial charge in [0, 0.05) is 45.0 Å². The monoisotopic (exact) mass is 362 g/mol. The fourth-order valence-corrected chi connectivity index (χ4v) is 2.54. The van der Waals surface area contributed by atoms with Gasteiger partial charge in [-0.2, -0.15) is 0 Å². The lowest BCUT2D eigenvalue weighted by Gasteiger charge is -2.12. The van der Waals surface area contributed by atoms with Crippen LogP contribution in [0.15, 0.2) is 35.3 Å². The SMILES string of the molecule is CCNC(=NCCCOC1CCOC1)NCCNC(=O)c1ccccc1. The molecule has 0 saturated carbocycles. The van der Waals surface area contributed by atoms with Crippen molar-refractivity contribution in [1.82, 2.24) is 16.0 Å². The summed E-state index contributed by atoms with van der Waals surface area (Å²) in [6, 6.07) is 9.20. The maximum Gasteiger partial charge on any atom is 0.251 e. The Hall–Kier alpha value is -2.12. The van der Waals surface area contributed by atoms with Gasteiger partial charge in [-0.05, 0) is 31.9 Å². The second-order valence-electron chi connectivity index (χ2n) is 6.02. The molecule has 0 aromatic heterocycles. The maximum absolute atomic E-state index is 12.0. The fourth-order valence-electron chi connectivity index (χ4n) is 2.54. The number of ether oxygens (including phenoxy) is 2. The highest BCUT2D eigenvalue weighted by atomic mass is 16.5. The number of carbonyl (C=O) groups excluding carboxylic acids is 1. The van der Waals surface area contributed by atoms with E-state index in [1.807, 2.05) is 25.1 Å². The van der Waals surface area contributed by atoms with Crippen LogP contribution in [0.2, 0.25) is 0 Å². The number of hydrogen-bond acceptors (Lipinski definition) is 4. The van der Waals surface area contributed by atoms with Crippen LogP contribution in [0.5, 0.6) is 0 Å². The molecule has 1 aliphatic rings. The fraction of sp³-hybridized carbons (Fsp3) is 0.579. The van der Waals surface area contributed by atoms with Crippen molar-refractivity contribution < 1.29 is 14.3 Å². The highest BCUT2D eigenvalue weighted by molar-refractivity contribution is 5.94. The number of guanidine groups is 1. The molecular formula is C19H30N4O3.